The van der Waals surface area contributed by atoms with Crippen molar-refractivity contribution in [1.82, 2.24) is 0 Å². The van der Waals surface area contributed by atoms with Crippen LogP contribution in [0.15, 0.2) is 0 Å². The minimum atomic E-state index is -1.28. The summed E-state index contributed by atoms with van der Waals surface area (Å²) in [7, 11) is 0. The molecular formula is C12H14N4. The zero-order valence-electron chi connectivity index (χ0n) is 9.62. The fourth-order valence-corrected chi connectivity index (χ4v) is 1.42. The second kappa shape index (κ2) is 5.75. The lowest BCUT2D eigenvalue weighted by Gasteiger charge is -2.30. The highest BCUT2D eigenvalue weighted by Gasteiger charge is 2.46. The molecule has 4 nitrogen and oxygen atoms in total. The summed E-state index contributed by atoms with van der Waals surface area (Å²) in [5, 5.41) is 35.6. The molecule has 0 amide bonds. The molecule has 0 saturated heterocycles. The molecule has 0 heterocycles. The van der Waals surface area contributed by atoms with E-state index in [1.807, 2.05) is 24.3 Å². The van der Waals surface area contributed by atoms with Crippen molar-refractivity contribution in [2.75, 3.05) is 0 Å². The third-order valence-electron chi connectivity index (χ3n) is 2.82. The van der Waals surface area contributed by atoms with Crippen LogP contribution < -0.4 is 0 Å². The third kappa shape index (κ3) is 2.73. The summed E-state index contributed by atoms with van der Waals surface area (Å²) in [6, 6.07) is 7.96. The molecule has 0 aliphatic rings. The standard InChI is InChI=1S/C12H14N4/c1-11(2,8-14)12(9-15,10-16)6-4-3-5-7-13/h3-6H2,1-2H3. The Morgan fingerprint density at radius 2 is 1.44 bits per heavy atom. The number of nitrogens with zero attached hydrogens (tertiary/aromatic N) is 4. The lowest BCUT2D eigenvalue weighted by molar-refractivity contribution is 0.250. The van der Waals surface area contributed by atoms with E-state index >= 15 is 0 Å². The molecule has 82 valence electrons. The Kier molecular flexibility index (Phi) is 5.01. The Hall–Kier alpha value is -2.04. The van der Waals surface area contributed by atoms with Gasteiger partial charge in [0.2, 0.25) is 0 Å². The van der Waals surface area contributed by atoms with Crippen LogP contribution in [0.25, 0.3) is 0 Å². The van der Waals surface area contributed by atoms with Gasteiger partial charge >= 0.3 is 0 Å². The van der Waals surface area contributed by atoms with Crippen LogP contribution in [0.4, 0.5) is 0 Å². The maximum atomic E-state index is 9.11. The van der Waals surface area contributed by atoms with Gasteiger partial charge in [-0.15, -0.1) is 0 Å². The molecule has 0 saturated carbocycles. The van der Waals surface area contributed by atoms with Gasteiger partial charge in [0.1, 0.15) is 0 Å². The summed E-state index contributed by atoms with van der Waals surface area (Å²) in [5.74, 6) is 0. The zero-order valence-corrected chi connectivity index (χ0v) is 9.62. The highest BCUT2D eigenvalue weighted by atomic mass is 14.5. The van der Waals surface area contributed by atoms with E-state index in [1.165, 1.54) is 0 Å². The Morgan fingerprint density at radius 1 is 0.875 bits per heavy atom. The average Bonchev–Trinajstić information content (AvgIpc) is 2.29. The van der Waals surface area contributed by atoms with Crippen molar-refractivity contribution in [3.63, 3.8) is 0 Å². The van der Waals surface area contributed by atoms with Gasteiger partial charge in [-0.25, -0.2) is 0 Å². The molecule has 0 unspecified atom stereocenters. The van der Waals surface area contributed by atoms with Gasteiger partial charge < -0.3 is 0 Å². The molecule has 0 radical (unpaired) electrons. The fraction of sp³-hybridized carbons (Fsp3) is 0.667. The average molecular weight is 214 g/mol. The maximum absolute atomic E-state index is 9.11. The highest BCUT2D eigenvalue weighted by molar-refractivity contribution is 5.25. The van der Waals surface area contributed by atoms with Crippen LogP contribution in [0.5, 0.6) is 0 Å². The Morgan fingerprint density at radius 3 is 1.81 bits per heavy atom. The van der Waals surface area contributed by atoms with Gasteiger partial charge in [-0.3, -0.25) is 0 Å². The zero-order chi connectivity index (χ0) is 12.7. The molecular weight excluding hydrogens is 200 g/mol. The van der Waals surface area contributed by atoms with Crippen LogP contribution in [0, 0.1) is 56.2 Å². The Labute approximate surface area is 96.3 Å². The molecule has 0 spiro atoms. The number of nitriles is 4. The molecule has 0 bridgehead atoms. The van der Waals surface area contributed by atoms with Gasteiger partial charge in [0.25, 0.3) is 0 Å². The summed E-state index contributed by atoms with van der Waals surface area (Å²) in [5.41, 5.74) is -2.28. The monoisotopic (exact) mass is 214 g/mol. The topological polar surface area (TPSA) is 95.2 Å². The number of hydrogen-bond acceptors (Lipinski definition) is 4. The van der Waals surface area contributed by atoms with Crippen LogP contribution in [0.3, 0.4) is 0 Å². The van der Waals surface area contributed by atoms with Crippen molar-refractivity contribution in [3.05, 3.63) is 0 Å². The molecule has 0 aliphatic carbocycles. The maximum Gasteiger partial charge on any atom is 0.161 e. The van der Waals surface area contributed by atoms with Crippen molar-refractivity contribution >= 4 is 0 Å². The third-order valence-corrected chi connectivity index (χ3v) is 2.82. The van der Waals surface area contributed by atoms with Gasteiger partial charge in [0.15, 0.2) is 5.41 Å². The molecule has 0 aromatic carbocycles. The largest absolute Gasteiger partial charge is 0.198 e. The van der Waals surface area contributed by atoms with E-state index in [0.29, 0.717) is 25.7 Å². The fourth-order valence-electron chi connectivity index (χ4n) is 1.42. The van der Waals surface area contributed by atoms with E-state index in [4.69, 9.17) is 21.0 Å². The lowest BCUT2D eigenvalue weighted by Crippen LogP contribution is -2.34. The molecule has 0 fully saturated rings. The van der Waals surface area contributed by atoms with Gasteiger partial charge in [-0.05, 0) is 33.1 Å². The van der Waals surface area contributed by atoms with Crippen molar-refractivity contribution < 1.29 is 0 Å². The predicted octanol–water partition coefficient (Wildman–Crippen LogP) is 2.65. The van der Waals surface area contributed by atoms with Crippen LogP contribution in [0.2, 0.25) is 0 Å². The first-order chi connectivity index (χ1) is 7.49. The Balaban J connectivity index is 4.78. The second-order valence-corrected chi connectivity index (χ2v) is 4.23. The first kappa shape index (κ1) is 14.0. The molecule has 0 aliphatic heterocycles. The van der Waals surface area contributed by atoms with E-state index in [-0.39, 0.29) is 0 Å². The molecule has 4 heteroatoms. The van der Waals surface area contributed by atoms with Gasteiger partial charge in [0, 0.05) is 6.42 Å². The first-order valence-corrected chi connectivity index (χ1v) is 5.10. The Bertz CT molecular complexity index is 381. The predicted molar refractivity (Wildman–Crippen MR) is 57.1 cm³/mol. The summed E-state index contributed by atoms with van der Waals surface area (Å²) >= 11 is 0. The van der Waals surface area contributed by atoms with Crippen molar-refractivity contribution in [2.45, 2.75) is 39.5 Å². The quantitative estimate of drug-likeness (QED) is 0.657. The van der Waals surface area contributed by atoms with Crippen LogP contribution in [0.1, 0.15) is 39.5 Å². The van der Waals surface area contributed by atoms with Crippen LogP contribution in [-0.4, -0.2) is 0 Å². The van der Waals surface area contributed by atoms with E-state index in [9.17, 15) is 0 Å². The normalized spacial score (nSPS) is 10.6. The summed E-state index contributed by atoms with van der Waals surface area (Å²) in [4.78, 5) is 0. The van der Waals surface area contributed by atoms with Crippen molar-refractivity contribution in [3.8, 4) is 24.3 Å². The molecule has 0 rings (SSSR count). The summed E-state index contributed by atoms with van der Waals surface area (Å²) in [6.07, 6.45) is 2.02. The highest BCUT2D eigenvalue weighted by Crippen LogP contribution is 2.41. The smallest absolute Gasteiger partial charge is 0.161 e. The first-order valence-electron chi connectivity index (χ1n) is 5.10. The van der Waals surface area contributed by atoms with E-state index in [0.717, 1.165) is 0 Å². The van der Waals surface area contributed by atoms with Gasteiger partial charge in [-0.2, -0.15) is 21.0 Å². The molecule has 16 heavy (non-hydrogen) atoms. The van der Waals surface area contributed by atoms with Crippen LogP contribution >= 0.6 is 0 Å². The molecule has 0 aromatic heterocycles. The second-order valence-electron chi connectivity index (χ2n) is 4.23. The van der Waals surface area contributed by atoms with E-state index in [2.05, 4.69) is 0 Å². The van der Waals surface area contributed by atoms with Crippen molar-refractivity contribution in [1.29, 1.82) is 21.0 Å². The SMILES string of the molecule is CC(C)(C#N)C(C#N)(C#N)CCCCC#N. The number of hydrogen-bond donors (Lipinski definition) is 0. The summed E-state index contributed by atoms with van der Waals surface area (Å²) in [6.45, 7) is 3.20. The van der Waals surface area contributed by atoms with Crippen LogP contribution in [-0.2, 0) is 0 Å². The number of unbranched alkanes of at least 4 members (excludes halogenated alkanes) is 2. The molecule has 0 N–H and O–H groups in total. The summed E-state index contributed by atoms with van der Waals surface area (Å²) < 4.78 is 0. The van der Waals surface area contributed by atoms with E-state index in [1.54, 1.807) is 13.8 Å². The lowest BCUT2D eigenvalue weighted by atomic mass is 9.65. The molecule has 0 atom stereocenters. The minimum Gasteiger partial charge on any atom is -0.198 e. The minimum absolute atomic E-state index is 0.336. The van der Waals surface area contributed by atoms with Gasteiger partial charge in [-0.1, -0.05) is 0 Å². The van der Waals surface area contributed by atoms with Crippen molar-refractivity contribution in [2.24, 2.45) is 10.8 Å². The van der Waals surface area contributed by atoms with Gasteiger partial charge in [0.05, 0.1) is 29.7 Å². The molecule has 0 aromatic rings. The number of rotatable bonds is 5. The van der Waals surface area contributed by atoms with E-state index < -0.39 is 10.8 Å².